The van der Waals surface area contributed by atoms with E-state index in [1.807, 2.05) is 6.07 Å². The second-order valence-electron chi connectivity index (χ2n) is 12.1. The van der Waals surface area contributed by atoms with Crippen molar-refractivity contribution in [3.63, 3.8) is 0 Å². The van der Waals surface area contributed by atoms with Crippen molar-refractivity contribution in [2.45, 2.75) is 50.4 Å². The fourth-order valence-corrected chi connectivity index (χ4v) is 8.66. The van der Waals surface area contributed by atoms with E-state index in [2.05, 4.69) is 40.8 Å². The van der Waals surface area contributed by atoms with Crippen LogP contribution in [0.5, 0.6) is 5.75 Å². The van der Waals surface area contributed by atoms with E-state index >= 15 is 0 Å². The minimum Gasteiger partial charge on any atom is -0.413 e. The molecule has 2 aromatic carbocycles. The largest absolute Gasteiger partial charge is 0.459 e. The molecule has 0 aliphatic carbocycles. The number of benzene rings is 2. The van der Waals surface area contributed by atoms with Crippen LogP contribution in [0.2, 0.25) is 5.02 Å². The molecule has 7 rings (SSSR count). The van der Waals surface area contributed by atoms with Gasteiger partial charge in [0, 0.05) is 28.0 Å². The van der Waals surface area contributed by atoms with Crippen LogP contribution in [0.3, 0.4) is 0 Å². The fourth-order valence-electron chi connectivity index (χ4n) is 6.03. The average Bonchev–Trinajstić information content (AvgIpc) is 3.65. The molecule has 0 radical (unpaired) electrons. The number of hydrazine groups is 1. The molecule has 0 amide bonds. The molecule has 2 saturated heterocycles. The second-order valence-corrected chi connectivity index (χ2v) is 16.8. The molecule has 4 aromatic rings. The summed E-state index contributed by atoms with van der Waals surface area (Å²) >= 11 is 9.90. The zero-order valence-electron chi connectivity index (χ0n) is 26.7. The Kier molecular flexibility index (Phi) is 9.61. The zero-order valence-corrected chi connectivity index (χ0v) is 30.8. The molecule has 17 nitrogen and oxygen atoms in total. The number of aliphatic hydroxyl groups is 1. The molecule has 5 heterocycles. The molecule has 268 valence electrons. The quantitative estimate of drug-likeness (QED) is 0.0969. The van der Waals surface area contributed by atoms with E-state index in [9.17, 15) is 18.1 Å². The normalized spacial score (nSPS) is 27.3. The molecular formula is C29H33BrClN8O9PS. The van der Waals surface area contributed by atoms with Gasteiger partial charge in [-0.3, -0.25) is 14.1 Å². The van der Waals surface area contributed by atoms with Crippen LogP contribution in [0.1, 0.15) is 30.3 Å². The summed E-state index contributed by atoms with van der Waals surface area (Å²) < 4.78 is 70.6. The second kappa shape index (κ2) is 13.6. The van der Waals surface area contributed by atoms with Gasteiger partial charge < -0.3 is 29.6 Å². The number of hydrogen-bond acceptors (Lipinski definition) is 14. The number of fused-ring (bicyclic) bond motifs is 3. The van der Waals surface area contributed by atoms with Crippen LogP contribution in [-0.2, 0) is 39.9 Å². The first-order valence-corrected chi connectivity index (χ1v) is 19.9. The van der Waals surface area contributed by atoms with Gasteiger partial charge in [-0.05, 0) is 35.9 Å². The first-order chi connectivity index (χ1) is 23.7. The number of ether oxygens (including phenoxy) is 3. The average molecular weight is 816 g/mol. The number of rotatable bonds is 11. The molecule has 3 aliphatic heterocycles. The van der Waals surface area contributed by atoms with E-state index in [0.717, 1.165) is 26.9 Å². The minimum absolute atomic E-state index is 0.105. The van der Waals surface area contributed by atoms with E-state index in [1.165, 1.54) is 13.4 Å². The predicted molar refractivity (Wildman–Crippen MR) is 184 cm³/mol. The van der Waals surface area contributed by atoms with Gasteiger partial charge in [0.25, 0.3) is 0 Å². The standard InChI is InChI=1S/C29H33BrClN8O9PS/c1-14-23(40)20(46-27(14)39-13-33-22-25(34-29(32)35-26(22)39)38(2)37-50(3,42)43)12-45-49(41,48-16-9-7-15(30)8-10-16)36-21-17-5-4-6-19(31)18(17)11-44-28-24(21)47-28/h4-10,13-14,20-21,23-24,27-28,37,40H,11-12H2,1-3H3,(H,36,41)(H2,32,34,35)/t14?,20?,21?,23-,24?,27?,28?,49?/m0/s1. The van der Waals surface area contributed by atoms with Crippen molar-refractivity contribution in [3.8, 4) is 5.75 Å². The van der Waals surface area contributed by atoms with E-state index < -0.39 is 60.6 Å². The van der Waals surface area contributed by atoms with Crippen molar-refractivity contribution >= 4 is 68.2 Å². The Morgan fingerprint density at radius 1 is 1.22 bits per heavy atom. The van der Waals surface area contributed by atoms with Crippen LogP contribution in [0.4, 0.5) is 11.8 Å². The molecular weight excluding hydrogens is 783 g/mol. The van der Waals surface area contributed by atoms with Gasteiger partial charge in [0.2, 0.25) is 16.0 Å². The number of halogens is 2. The minimum atomic E-state index is -4.24. The highest BCUT2D eigenvalue weighted by atomic mass is 79.9. The van der Waals surface area contributed by atoms with Gasteiger partial charge >= 0.3 is 7.75 Å². The van der Waals surface area contributed by atoms with Crippen molar-refractivity contribution in [1.29, 1.82) is 0 Å². The molecule has 3 aliphatic rings. The van der Waals surface area contributed by atoms with Gasteiger partial charge in [0.1, 0.15) is 24.2 Å². The Morgan fingerprint density at radius 3 is 2.72 bits per heavy atom. The Balaban J connectivity index is 1.15. The topological polar surface area (TPSA) is 218 Å². The van der Waals surface area contributed by atoms with Crippen LogP contribution in [0.15, 0.2) is 53.3 Å². The number of hydrogen-bond donors (Lipinski definition) is 4. The summed E-state index contributed by atoms with van der Waals surface area (Å²) in [5.41, 5.74) is 7.90. The van der Waals surface area contributed by atoms with E-state index in [0.29, 0.717) is 5.02 Å². The molecule has 21 heteroatoms. The number of aromatic nitrogens is 4. The van der Waals surface area contributed by atoms with Crippen molar-refractivity contribution in [2.75, 3.05) is 30.7 Å². The highest BCUT2D eigenvalue weighted by molar-refractivity contribution is 9.10. The van der Waals surface area contributed by atoms with E-state index in [4.69, 9.17) is 40.6 Å². The number of epoxide rings is 1. The Hall–Kier alpha value is -2.94. The van der Waals surface area contributed by atoms with Crippen LogP contribution in [-0.4, -0.2) is 77.6 Å². The number of sulfonamides is 1. The van der Waals surface area contributed by atoms with Crippen molar-refractivity contribution in [3.05, 3.63) is 69.4 Å². The van der Waals surface area contributed by atoms with Gasteiger partial charge in [0.05, 0.1) is 37.9 Å². The van der Waals surface area contributed by atoms with E-state index in [1.54, 1.807) is 47.9 Å². The number of imidazole rings is 1. The van der Waals surface area contributed by atoms with Gasteiger partial charge in [-0.2, -0.15) is 9.97 Å². The maximum Gasteiger partial charge on any atom is 0.459 e. The summed E-state index contributed by atoms with van der Waals surface area (Å²) in [6, 6.07) is 11.4. The smallest absolute Gasteiger partial charge is 0.413 e. The molecule has 2 fully saturated rings. The summed E-state index contributed by atoms with van der Waals surface area (Å²) in [5, 5.41) is 16.0. The molecule has 0 bridgehead atoms. The summed E-state index contributed by atoms with van der Waals surface area (Å²) in [4.78, 5) is 15.2. The third-order valence-electron chi connectivity index (χ3n) is 8.44. The lowest BCUT2D eigenvalue weighted by Crippen LogP contribution is -2.39. The number of aliphatic hydroxyl groups excluding tert-OH is 1. The molecule has 5 N–H and O–H groups in total. The van der Waals surface area contributed by atoms with Gasteiger partial charge in [-0.1, -0.05) is 46.6 Å². The third-order valence-corrected chi connectivity index (χ3v) is 11.5. The molecule has 7 unspecified atom stereocenters. The molecule has 50 heavy (non-hydrogen) atoms. The lowest BCUT2D eigenvalue weighted by atomic mass is 10.00. The lowest BCUT2D eigenvalue weighted by molar-refractivity contribution is -0.0415. The molecule has 0 spiro atoms. The number of anilines is 2. The predicted octanol–water partition coefficient (Wildman–Crippen LogP) is 3.41. The molecule has 8 atom stereocenters. The fraction of sp³-hybridized carbons (Fsp3) is 0.414. The molecule has 2 aromatic heterocycles. The lowest BCUT2D eigenvalue weighted by Gasteiger charge is -2.27. The monoisotopic (exact) mass is 814 g/mol. The van der Waals surface area contributed by atoms with Crippen LogP contribution in [0, 0.1) is 5.92 Å². The zero-order chi connectivity index (χ0) is 35.5. The van der Waals surface area contributed by atoms with Gasteiger partial charge in [0.15, 0.2) is 23.3 Å². The number of nitrogen functional groups attached to an aromatic ring is 1. The number of nitrogens with zero attached hydrogens (tertiary/aromatic N) is 5. The highest BCUT2D eigenvalue weighted by Gasteiger charge is 2.53. The maximum atomic E-state index is 14.6. The van der Waals surface area contributed by atoms with Crippen molar-refractivity contribution in [1.82, 2.24) is 29.4 Å². The highest BCUT2D eigenvalue weighted by Crippen LogP contribution is 2.52. The van der Waals surface area contributed by atoms with Gasteiger partial charge in [-0.15, -0.1) is 4.83 Å². The Morgan fingerprint density at radius 2 is 1.98 bits per heavy atom. The van der Waals surface area contributed by atoms with E-state index in [-0.39, 0.29) is 41.9 Å². The summed E-state index contributed by atoms with van der Waals surface area (Å²) in [6.45, 7) is 1.62. The number of nitrogens with two attached hydrogens (primary N) is 1. The summed E-state index contributed by atoms with van der Waals surface area (Å²) in [5.74, 6) is -0.316. The van der Waals surface area contributed by atoms with Crippen molar-refractivity contribution < 1.29 is 41.3 Å². The maximum absolute atomic E-state index is 14.6. The Labute approximate surface area is 300 Å². The first kappa shape index (κ1) is 35.5. The number of nitrogens with one attached hydrogen (secondary N) is 2. The van der Waals surface area contributed by atoms with Crippen LogP contribution < -0.4 is 25.2 Å². The van der Waals surface area contributed by atoms with Crippen LogP contribution in [0.25, 0.3) is 11.2 Å². The first-order valence-electron chi connectivity index (χ1n) is 15.3. The molecule has 0 saturated carbocycles. The summed E-state index contributed by atoms with van der Waals surface area (Å²) in [7, 11) is -6.44. The SMILES string of the molecule is CC1C(n2cnc3c(N(C)NS(C)(=O)=O)nc(N)nc32)OC(COP(=O)(NC2c3cccc(Cl)c3COC3OC32)Oc2ccc(Br)cc2)[C@H]1O. The van der Waals surface area contributed by atoms with Crippen LogP contribution >= 0.6 is 35.3 Å². The summed E-state index contributed by atoms with van der Waals surface area (Å²) in [6.07, 6.45) is -1.49. The Bertz CT molecular complexity index is 2080. The third kappa shape index (κ3) is 7.22. The van der Waals surface area contributed by atoms with Crippen molar-refractivity contribution in [2.24, 2.45) is 5.92 Å². The van der Waals surface area contributed by atoms with Gasteiger partial charge in [-0.25, -0.2) is 23.1 Å².